The zero-order valence-corrected chi connectivity index (χ0v) is 11.5. The van der Waals surface area contributed by atoms with E-state index in [0.29, 0.717) is 5.75 Å². The highest BCUT2D eigenvalue weighted by Gasteiger charge is 2.15. The molecule has 0 saturated heterocycles. The van der Waals surface area contributed by atoms with Crippen molar-refractivity contribution in [2.24, 2.45) is 7.05 Å². The standard InChI is InChI=1S/C13H11FN6O2/c1-19-13(21)20(18-17-19)12-4-2-3-11(14)10(12)8-22-9-5-6-15-16-7-9/h2-7H,8H2,1H3. The van der Waals surface area contributed by atoms with E-state index in [9.17, 15) is 9.18 Å². The zero-order valence-electron chi connectivity index (χ0n) is 11.5. The van der Waals surface area contributed by atoms with Crippen LogP contribution >= 0.6 is 0 Å². The van der Waals surface area contributed by atoms with Gasteiger partial charge in [0.05, 0.1) is 23.6 Å². The summed E-state index contributed by atoms with van der Waals surface area (Å²) in [4.78, 5) is 11.9. The van der Waals surface area contributed by atoms with Gasteiger partial charge in [-0.1, -0.05) is 6.07 Å². The number of ether oxygens (including phenoxy) is 1. The van der Waals surface area contributed by atoms with Gasteiger partial charge in [0.2, 0.25) is 0 Å². The first-order valence-electron chi connectivity index (χ1n) is 6.33. The van der Waals surface area contributed by atoms with Crippen LogP contribution in [0.15, 0.2) is 41.5 Å². The normalized spacial score (nSPS) is 10.6. The Morgan fingerprint density at radius 1 is 1.23 bits per heavy atom. The number of hydrogen-bond acceptors (Lipinski definition) is 6. The Balaban J connectivity index is 1.97. The van der Waals surface area contributed by atoms with Crippen LogP contribution in [0, 0.1) is 5.82 Å². The fourth-order valence-electron chi connectivity index (χ4n) is 1.87. The van der Waals surface area contributed by atoms with E-state index in [1.54, 1.807) is 12.1 Å². The van der Waals surface area contributed by atoms with Gasteiger partial charge in [0.15, 0.2) is 0 Å². The van der Waals surface area contributed by atoms with Gasteiger partial charge in [0, 0.05) is 13.1 Å². The van der Waals surface area contributed by atoms with Crippen LogP contribution in [-0.4, -0.2) is 30.0 Å². The summed E-state index contributed by atoms with van der Waals surface area (Å²) in [5.74, 6) is -0.0623. The molecule has 0 radical (unpaired) electrons. The summed E-state index contributed by atoms with van der Waals surface area (Å²) in [6.07, 6.45) is 2.87. The first-order chi connectivity index (χ1) is 10.7. The molecule has 112 valence electrons. The fraction of sp³-hybridized carbons (Fsp3) is 0.154. The minimum absolute atomic E-state index is 0.0866. The van der Waals surface area contributed by atoms with Gasteiger partial charge in [0.25, 0.3) is 0 Å². The zero-order chi connectivity index (χ0) is 15.5. The van der Waals surface area contributed by atoms with Crippen LogP contribution < -0.4 is 10.4 Å². The van der Waals surface area contributed by atoms with E-state index in [1.165, 1.54) is 31.6 Å². The predicted molar refractivity (Wildman–Crippen MR) is 72.9 cm³/mol. The highest BCUT2D eigenvalue weighted by Crippen LogP contribution is 2.18. The summed E-state index contributed by atoms with van der Waals surface area (Å²) in [6.45, 7) is -0.0866. The van der Waals surface area contributed by atoms with E-state index in [4.69, 9.17) is 4.74 Å². The van der Waals surface area contributed by atoms with Crippen molar-refractivity contribution in [3.8, 4) is 11.4 Å². The number of tetrazole rings is 1. The Morgan fingerprint density at radius 3 is 2.77 bits per heavy atom. The van der Waals surface area contributed by atoms with Crippen LogP contribution in [0.5, 0.6) is 5.75 Å². The molecule has 0 aliphatic heterocycles. The number of aromatic nitrogens is 6. The fourth-order valence-corrected chi connectivity index (χ4v) is 1.87. The summed E-state index contributed by atoms with van der Waals surface area (Å²) in [7, 11) is 1.46. The van der Waals surface area contributed by atoms with E-state index in [-0.39, 0.29) is 17.9 Å². The third kappa shape index (κ3) is 2.55. The minimum Gasteiger partial charge on any atom is -0.487 e. The smallest absolute Gasteiger partial charge is 0.368 e. The molecule has 8 nitrogen and oxygen atoms in total. The van der Waals surface area contributed by atoms with E-state index < -0.39 is 11.5 Å². The Bertz CT molecular complexity index is 845. The molecular weight excluding hydrogens is 291 g/mol. The molecule has 3 aromatic rings. The maximum Gasteiger partial charge on any atom is 0.368 e. The number of hydrogen-bond donors (Lipinski definition) is 0. The minimum atomic E-state index is -0.503. The molecule has 3 rings (SSSR count). The average Bonchev–Trinajstić information content (AvgIpc) is 2.86. The van der Waals surface area contributed by atoms with E-state index in [2.05, 4.69) is 20.6 Å². The summed E-state index contributed by atoms with van der Waals surface area (Å²) >= 11 is 0. The maximum absolute atomic E-state index is 14.1. The summed E-state index contributed by atoms with van der Waals surface area (Å²) in [5, 5.41) is 14.6. The highest BCUT2D eigenvalue weighted by molar-refractivity contribution is 5.40. The van der Waals surface area contributed by atoms with Gasteiger partial charge in [-0.15, -0.1) is 0 Å². The first kappa shape index (κ1) is 13.9. The molecule has 0 spiro atoms. The van der Waals surface area contributed by atoms with Crippen LogP contribution in [0.1, 0.15) is 5.56 Å². The van der Waals surface area contributed by atoms with Crippen molar-refractivity contribution >= 4 is 0 Å². The molecule has 0 amide bonds. The van der Waals surface area contributed by atoms with Gasteiger partial charge in [-0.3, -0.25) is 0 Å². The third-order valence-corrected chi connectivity index (χ3v) is 2.98. The largest absolute Gasteiger partial charge is 0.487 e. The molecule has 0 saturated carbocycles. The lowest BCUT2D eigenvalue weighted by molar-refractivity contribution is 0.297. The third-order valence-electron chi connectivity index (χ3n) is 2.98. The molecule has 2 heterocycles. The highest BCUT2D eigenvalue weighted by atomic mass is 19.1. The average molecular weight is 302 g/mol. The van der Waals surface area contributed by atoms with Crippen LogP contribution in [-0.2, 0) is 13.7 Å². The second-order valence-electron chi connectivity index (χ2n) is 4.40. The summed E-state index contributed by atoms with van der Waals surface area (Å²) in [5.41, 5.74) is -0.000504. The van der Waals surface area contributed by atoms with E-state index in [1.807, 2.05) is 0 Å². The number of aryl methyl sites for hydroxylation is 1. The van der Waals surface area contributed by atoms with Crippen molar-refractivity contribution in [3.05, 3.63) is 58.5 Å². The molecule has 1 aromatic carbocycles. The van der Waals surface area contributed by atoms with Crippen LogP contribution in [0.3, 0.4) is 0 Å². The van der Waals surface area contributed by atoms with Gasteiger partial charge >= 0.3 is 5.69 Å². The van der Waals surface area contributed by atoms with Crippen LogP contribution in [0.2, 0.25) is 0 Å². The number of halogens is 1. The monoisotopic (exact) mass is 302 g/mol. The molecule has 0 aliphatic rings. The van der Waals surface area contributed by atoms with Gasteiger partial charge < -0.3 is 4.74 Å². The molecule has 9 heteroatoms. The molecular formula is C13H11FN6O2. The van der Waals surface area contributed by atoms with Crippen molar-refractivity contribution in [2.75, 3.05) is 0 Å². The predicted octanol–water partition coefficient (Wildman–Crippen LogP) is 0.474. The first-order valence-corrected chi connectivity index (χ1v) is 6.33. The van der Waals surface area contributed by atoms with Gasteiger partial charge in [-0.25, -0.2) is 9.18 Å². The van der Waals surface area contributed by atoms with Crippen molar-refractivity contribution in [3.63, 3.8) is 0 Å². The molecule has 2 aromatic heterocycles. The second-order valence-corrected chi connectivity index (χ2v) is 4.40. The Morgan fingerprint density at radius 2 is 2.09 bits per heavy atom. The topological polar surface area (TPSA) is 87.7 Å². The molecule has 0 bridgehead atoms. The Labute approximate surface area is 123 Å². The summed E-state index contributed by atoms with van der Waals surface area (Å²) < 4.78 is 21.6. The van der Waals surface area contributed by atoms with Crippen molar-refractivity contribution in [1.82, 2.24) is 30.0 Å². The lowest BCUT2D eigenvalue weighted by Gasteiger charge is -2.10. The Kier molecular flexibility index (Phi) is 3.60. The van der Waals surface area contributed by atoms with E-state index in [0.717, 1.165) is 9.36 Å². The van der Waals surface area contributed by atoms with Gasteiger partial charge in [-0.2, -0.15) is 19.6 Å². The summed E-state index contributed by atoms with van der Waals surface area (Å²) in [6, 6.07) is 5.95. The molecule has 0 fully saturated rings. The number of nitrogens with zero attached hydrogens (tertiary/aromatic N) is 6. The van der Waals surface area contributed by atoms with E-state index >= 15 is 0 Å². The maximum atomic E-state index is 14.1. The SMILES string of the molecule is Cn1nnn(-c2cccc(F)c2COc2ccnnc2)c1=O. The number of benzene rings is 1. The van der Waals surface area contributed by atoms with Gasteiger partial charge in [-0.05, 0) is 22.6 Å². The lowest BCUT2D eigenvalue weighted by atomic mass is 10.2. The molecule has 0 unspecified atom stereocenters. The quantitative estimate of drug-likeness (QED) is 0.696. The van der Waals surface area contributed by atoms with Crippen molar-refractivity contribution in [2.45, 2.75) is 6.61 Å². The van der Waals surface area contributed by atoms with Crippen molar-refractivity contribution in [1.29, 1.82) is 0 Å². The van der Waals surface area contributed by atoms with Crippen LogP contribution in [0.25, 0.3) is 5.69 Å². The molecule has 0 N–H and O–H groups in total. The van der Waals surface area contributed by atoms with Gasteiger partial charge in [0.1, 0.15) is 18.2 Å². The second kappa shape index (κ2) is 5.72. The molecule has 0 atom stereocenters. The number of rotatable bonds is 4. The van der Waals surface area contributed by atoms with Crippen molar-refractivity contribution < 1.29 is 9.13 Å². The van der Waals surface area contributed by atoms with Crippen LogP contribution in [0.4, 0.5) is 4.39 Å². The Hall–Kier alpha value is -3.10. The lowest BCUT2D eigenvalue weighted by Crippen LogP contribution is -2.23. The molecule has 0 aliphatic carbocycles. The molecule has 22 heavy (non-hydrogen) atoms.